The number of ether oxygens (including phenoxy) is 2. The highest BCUT2D eigenvalue weighted by atomic mass is 19.3. The van der Waals surface area contributed by atoms with Crippen molar-refractivity contribution in [2.45, 2.75) is 13.0 Å². The smallest absolute Gasteiger partial charge is 0.387 e. The molecule has 0 atom stereocenters. The van der Waals surface area contributed by atoms with Gasteiger partial charge in [0.15, 0.2) is 6.61 Å². The summed E-state index contributed by atoms with van der Waals surface area (Å²) in [6.07, 6.45) is 1.89. The lowest BCUT2D eigenvalue weighted by Gasteiger charge is -2.08. The first kappa shape index (κ1) is 20.1. The number of carbonyl (C=O) groups is 2. The lowest BCUT2D eigenvalue weighted by atomic mass is 10.1. The molecule has 0 bridgehead atoms. The monoisotopic (exact) mass is 380 g/mol. The van der Waals surface area contributed by atoms with Crippen molar-refractivity contribution >= 4 is 11.9 Å². The van der Waals surface area contributed by atoms with Crippen LogP contribution in [0.25, 0.3) is 0 Å². The number of aromatic nitrogens is 1. The number of hydrogen-bond acceptors (Lipinski definition) is 5. The van der Waals surface area contributed by atoms with Crippen molar-refractivity contribution in [3.63, 3.8) is 0 Å². The van der Waals surface area contributed by atoms with Crippen LogP contribution in [0.15, 0.2) is 47.4 Å². The highest BCUT2D eigenvalue weighted by Gasteiger charge is 2.11. The second-order valence-corrected chi connectivity index (χ2v) is 5.56. The Balaban J connectivity index is 1.72. The van der Waals surface area contributed by atoms with E-state index in [0.29, 0.717) is 6.42 Å². The molecule has 1 aromatic heterocycles. The van der Waals surface area contributed by atoms with Crippen LogP contribution in [0.4, 0.5) is 8.78 Å². The molecule has 0 aliphatic rings. The summed E-state index contributed by atoms with van der Waals surface area (Å²) in [5.74, 6) is -1.21. The fourth-order valence-electron chi connectivity index (χ4n) is 2.12. The van der Waals surface area contributed by atoms with Gasteiger partial charge in [-0.25, -0.2) is 4.79 Å². The Kier molecular flexibility index (Phi) is 7.04. The number of hydrogen-bond donors (Lipinski definition) is 1. The van der Waals surface area contributed by atoms with Crippen LogP contribution in [-0.2, 0) is 23.0 Å². The van der Waals surface area contributed by atoms with Gasteiger partial charge in [0.1, 0.15) is 5.75 Å². The zero-order valence-corrected chi connectivity index (χ0v) is 14.5. The molecule has 2 aromatic rings. The van der Waals surface area contributed by atoms with E-state index in [2.05, 4.69) is 10.1 Å². The van der Waals surface area contributed by atoms with E-state index in [4.69, 9.17) is 4.74 Å². The number of nitrogens with zero attached hydrogens (tertiary/aromatic N) is 1. The number of alkyl halides is 2. The van der Waals surface area contributed by atoms with Crippen LogP contribution >= 0.6 is 0 Å². The van der Waals surface area contributed by atoms with E-state index in [0.717, 1.165) is 11.6 Å². The molecule has 0 unspecified atom stereocenters. The van der Waals surface area contributed by atoms with Gasteiger partial charge in [0.05, 0.1) is 5.56 Å². The van der Waals surface area contributed by atoms with Gasteiger partial charge in [-0.05, 0) is 30.2 Å². The molecule has 0 spiro atoms. The first-order valence-corrected chi connectivity index (χ1v) is 7.99. The van der Waals surface area contributed by atoms with E-state index in [1.165, 1.54) is 29.0 Å². The van der Waals surface area contributed by atoms with Gasteiger partial charge in [-0.3, -0.25) is 9.59 Å². The van der Waals surface area contributed by atoms with Crippen LogP contribution < -0.4 is 15.6 Å². The Bertz CT molecular complexity index is 850. The molecule has 144 valence electrons. The van der Waals surface area contributed by atoms with Crippen molar-refractivity contribution in [3.05, 3.63) is 64.1 Å². The Morgan fingerprint density at radius 2 is 1.89 bits per heavy atom. The molecule has 0 saturated carbocycles. The third kappa shape index (κ3) is 6.53. The van der Waals surface area contributed by atoms with E-state index in [-0.39, 0.29) is 23.4 Å². The summed E-state index contributed by atoms with van der Waals surface area (Å²) >= 11 is 0. The largest absolute Gasteiger partial charge is 0.452 e. The predicted molar refractivity (Wildman–Crippen MR) is 91.8 cm³/mol. The van der Waals surface area contributed by atoms with Gasteiger partial charge < -0.3 is 19.4 Å². The molecule has 27 heavy (non-hydrogen) atoms. The normalized spacial score (nSPS) is 10.5. The highest BCUT2D eigenvalue weighted by Crippen LogP contribution is 2.14. The van der Waals surface area contributed by atoms with Gasteiger partial charge in [0.2, 0.25) is 0 Å². The van der Waals surface area contributed by atoms with Crippen LogP contribution in [0.1, 0.15) is 15.9 Å². The number of halogens is 2. The maximum atomic E-state index is 12.1. The van der Waals surface area contributed by atoms with Crippen molar-refractivity contribution in [1.82, 2.24) is 9.88 Å². The lowest BCUT2D eigenvalue weighted by Crippen LogP contribution is -2.30. The lowest BCUT2D eigenvalue weighted by molar-refractivity contribution is -0.124. The van der Waals surface area contributed by atoms with Crippen LogP contribution in [0.3, 0.4) is 0 Å². The summed E-state index contributed by atoms with van der Waals surface area (Å²) in [6.45, 7) is -3.08. The number of carbonyl (C=O) groups excluding carboxylic acids is 2. The van der Waals surface area contributed by atoms with Gasteiger partial charge in [0.25, 0.3) is 11.5 Å². The minimum atomic E-state index is -2.88. The van der Waals surface area contributed by atoms with Crippen molar-refractivity contribution in [1.29, 1.82) is 0 Å². The minimum Gasteiger partial charge on any atom is -0.452 e. The number of aryl methyl sites for hydroxylation is 1. The van der Waals surface area contributed by atoms with Crippen molar-refractivity contribution in [3.8, 4) is 5.75 Å². The Morgan fingerprint density at radius 3 is 2.52 bits per heavy atom. The first-order chi connectivity index (χ1) is 12.8. The van der Waals surface area contributed by atoms with E-state index in [9.17, 15) is 23.2 Å². The van der Waals surface area contributed by atoms with Crippen LogP contribution in [0.5, 0.6) is 5.75 Å². The van der Waals surface area contributed by atoms with Gasteiger partial charge >= 0.3 is 12.6 Å². The van der Waals surface area contributed by atoms with Crippen molar-refractivity contribution in [2.75, 3.05) is 13.2 Å². The molecule has 7 nitrogen and oxygen atoms in total. The van der Waals surface area contributed by atoms with Gasteiger partial charge in [-0.2, -0.15) is 8.78 Å². The molecular formula is C18H18F2N2O5. The summed E-state index contributed by atoms with van der Waals surface area (Å²) in [4.78, 5) is 35.0. The number of pyridine rings is 1. The SMILES string of the molecule is Cn1ccc(C(=O)OCC(=O)NCCc2ccc(OC(F)F)cc2)cc1=O. The second kappa shape index (κ2) is 9.46. The zero-order valence-electron chi connectivity index (χ0n) is 14.5. The summed E-state index contributed by atoms with van der Waals surface area (Å²) in [6, 6.07) is 8.59. The molecule has 0 radical (unpaired) electrons. The maximum absolute atomic E-state index is 12.1. The molecular weight excluding hydrogens is 362 g/mol. The average molecular weight is 380 g/mol. The Labute approximate surface area is 153 Å². The third-order valence-corrected chi connectivity index (χ3v) is 3.56. The number of benzene rings is 1. The van der Waals surface area contributed by atoms with Gasteiger partial charge in [-0.1, -0.05) is 12.1 Å². The number of esters is 1. The maximum Gasteiger partial charge on any atom is 0.387 e. The third-order valence-electron chi connectivity index (χ3n) is 3.56. The van der Waals surface area contributed by atoms with E-state index in [1.807, 2.05) is 0 Å². The van der Waals surface area contributed by atoms with Crippen molar-refractivity contribution < 1.29 is 27.8 Å². The average Bonchev–Trinajstić information content (AvgIpc) is 2.63. The molecule has 0 fully saturated rings. The standard InChI is InChI=1S/C18H18F2N2O5/c1-22-9-7-13(10-16(22)24)17(25)26-11-15(23)21-8-6-12-2-4-14(5-3-12)27-18(19)20/h2-5,7,9-10,18H,6,8,11H2,1H3,(H,21,23). The molecule has 1 amide bonds. The highest BCUT2D eigenvalue weighted by molar-refractivity contribution is 5.91. The molecule has 9 heteroatoms. The van der Waals surface area contributed by atoms with Crippen LogP contribution in [0, 0.1) is 0 Å². The summed E-state index contributed by atoms with van der Waals surface area (Å²) in [7, 11) is 1.55. The van der Waals surface area contributed by atoms with Crippen molar-refractivity contribution in [2.24, 2.45) is 7.05 Å². The molecule has 2 rings (SSSR count). The van der Waals surface area contributed by atoms with Crippen LogP contribution in [0.2, 0.25) is 0 Å². The molecule has 0 aliphatic carbocycles. The fraction of sp³-hybridized carbons (Fsp3) is 0.278. The number of rotatable bonds is 8. The summed E-state index contributed by atoms with van der Waals surface area (Å²) < 4.78 is 34.5. The molecule has 1 aromatic carbocycles. The van der Waals surface area contributed by atoms with Gasteiger partial charge in [0, 0.05) is 25.9 Å². The molecule has 1 heterocycles. The van der Waals surface area contributed by atoms with Crippen LogP contribution in [-0.4, -0.2) is 36.2 Å². The van der Waals surface area contributed by atoms with Gasteiger partial charge in [-0.15, -0.1) is 0 Å². The number of amides is 1. The second-order valence-electron chi connectivity index (χ2n) is 5.56. The minimum absolute atomic E-state index is 0.0560. The zero-order chi connectivity index (χ0) is 19.8. The first-order valence-electron chi connectivity index (χ1n) is 7.99. The quantitative estimate of drug-likeness (QED) is 0.702. The van der Waals surface area contributed by atoms with E-state index >= 15 is 0 Å². The summed E-state index contributed by atoms with van der Waals surface area (Å²) in [5.41, 5.74) is 0.518. The van der Waals surface area contributed by atoms with E-state index < -0.39 is 25.1 Å². The molecule has 0 aliphatic heterocycles. The Morgan fingerprint density at radius 1 is 1.19 bits per heavy atom. The topological polar surface area (TPSA) is 86.6 Å². The number of nitrogens with one attached hydrogen (secondary N) is 1. The summed E-state index contributed by atoms with van der Waals surface area (Å²) in [5, 5.41) is 2.57. The Hall–Kier alpha value is -3.23. The predicted octanol–water partition coefficient (Wildman–Crippen LogP) is 1.50. The fourth-order valence-corrected chi connectivity index (χ4v) is 2.12. The molecule has 0 saturated heterocycles. The van der Waals surface area contributed by atoms with E-state index in [1.54, 1.807) is 19.2 Å². The molecule has 1 N–H and O–H groups in total.